The molecular formula is C21H19BrN8O. The van der Waals surface area contributed by atoms with Gasteiger partial charge in [-0.05, 0) is 50.2 Å². The number of benzene rings is 2. The Labute approximate surface area is 187 Å². The van der Waals surface area contributed by atoms with Crippen LogP contribution in [0.5, 0.6) is 5.75 Å². The third-order valence-corrected chi connectivity index (χ3v) is 4.70. The summed E-state index contributed by atoms with van der Waals surface area (Å²) in [5.74, 6) is 1.02. The van der Waals surface area contributed by atoms with Gasteiger partial charge in [0.2, 0.25) is 11.9 Å². The van der Waals surface area contributed by atoms with Crippen LogP contribution in [0, 0.1) is 13.8 Å². The van der Waals surface area contributed by atoms with E-state index >= 15 is 0 Å². The van der Waals surface area contributed by atoms with E-state index in [1.165, 1.54) is 6.21 Å². The Bertz CT molecular complexity index is 1240. The molecule has 0 atom stereocenters. The third-order valence-electron chi connectivity index (χ3n) is 4.21. The van der Waals surface area contributed by atoms with Crippen molar-refractivity contribution in [3.8, 4) is 11.7 Å². The van der Waals surface area contributed by atoms with E-state index in [0.29, 0.717) is 17.5 Å². The highest BCUT2D eigenvalue weighted by Crippen LogP contribution is 2.20. The minimum Gasteiger partial charge on any atom is -0.507 e. The highest BCUT2D eigenvalue weighted by atomic mass is 79.9. The molecule has 0 aliphatic heterocycles. The molecule has 0 spiro atoms. The molecule has 2 aromatic heterocycles. The van der Waals surface area contributed by atoms with Crippen molar-refractivity contribution in [1.82, 2.24) is 24.7 Å². The zero-order valence-electron chi connectivity index (χ0n) is 16.8. The van der Waals surface area contributed by atoms with Crippen molar-refractivity contribution in [3.63, 3.8) is 0 Å². The molecule has 9 nitrogen and oxygen atoms in total. The number of aryl methyl sites for hydroxylation is 2. The maximum Gasteiger partial charge on any atom is 0.257 e. The molecule has 4 aromatic rings. The molecule has 3 N–H and O–H groups in total. The summed E-state index contributed by atoms with van der Waals surface area (Å²) in [5.41, 5.74) is 5.92. The predicted molar refractivity (Wildman–Crippen MR) is 123 cm³/mol. The number of aromatic hydroxyl groups is 1. The van der Waals surface area contributed by atoms with Crippen LogP contribution in [0.2, 0.25) is 0 Å². The van der Waals surface area contributed by atoms with Gasteiger partial charge in [0.05, 0.1) is 11.9 Å². The number of phenols is 1. The number of nitrogens with zero attached hydrogens (tertiary/aromatic N) is 6. The molecule has 0 aliphatic rings. The van der Waals surface area contributed by atoms with Gasteiger partial charge in [0.25, 0.3) is 5.95 Å². The van der Waals surface area contributed by atoms with Gasteiger partial charge in [-0.15, -0.1) is 0 Å². The summed E-state index contributed by atoms with van der Waals surface area (Å²) < 4.78 is 2.47. The summed E-state index contributed by atoms with van der Waals surface area (Å²) in [6, 6.07) is 16.6. The zero-order valence-corrected chi connectivity index (χ0v) is 18.4. The van der Waals surface area contributed by atoms with Gasteiger partial charge in [-0.3, -0.25) is 0 Å². The van der Waals surface area contributed by atoms with Crippen molar-refractivity contribution in [2.75, 3.05) is 10.7 Å². The number of hydrogen-bond acceptors (Lipinski definition) is 8. The number of phenolic OH excluding ortho intramolecular Hbond substituents is 1. The van der Waals surface area contributed by atoms with Crippen molar-refractivity contribution in [2.24, 2.45) is 5.10 Å². The van der Waals surface area contributed by atoms with Gasteiger partial charge in [-0.2, -0.15) is 25.2 Å². The Balaban J connectivity index is 1.66. The van der Waals surface area contributed by atoms with Crippen LogP contribution < -0.4 is 10.7 Å². The van der Waals surface area contributed by atoms with Crippen molar-refractivity contribution < 1.29 is 5.11 Å². The maximum atomic E-state index is 9.96. The van der Waals surface area contributed by atoms with Gasteiger partial charge < -0.3 is 10.4 Å². The topological polar surface area (TPSA) is 113 Å². The molecular weight excluding hydrogens is 460 g/mol. The van der Waals surface area contributed by atoms with Crippen LogP contribution in [0.15, 0.2) is 64.2 Å². The molecule has 31 heavy (non-hydrogen) atoms. The number of hydrazone groups is 1. The monoisotopic (exact) mass is 478 g/mol. The van der Waals surface area contributed by atoms with E-state index in [-0.39, 0.29) is 11.7 Å². The number of nitrogens with one attached hydrogen (secondary N) is 2. The van der Waals surface area contributed by atoms with Crippen molar-refractivity contribution in [1.29, 1.82) is 0 Å². The van der Waals surface area contributed by atoms with Gasteiger partial charge in [-0.1, -0.05) is 34.1 Å². The first-order valence-corrected chi connectivity index (χ1v) is 10.2. The summed E-state index contributed by atoms with van der Waals surface area (Å²) in [7, 11) is 0. The Morgan fingerprint density at radius 1 is 1.00 bits per heavy atom. The van der Waals surface area contributed by atoms with Gasteiger partial charge in [0, 0.05) is 21.4 Å². The van der Waals surface area contributed by atoms with E-state index in [0.717, 1.165) is 21.5 Å². The van der Waals surface area contributed by atoms with Crippen LogP contribution in [0.3, 0.4) is 0 Å². The molecule has 2 aromatic carbocycles. The number of anilines is 3. The molecule has 0 aliphatic carbocycles. The molecule has 0 radical (unpaired) electrons. The van der Waals surface area contributed by atoms with Crippen molar-refractivity contribution in [3.05, 3.63) is 76.0 Å². The van der Waals surface area contributed by atoms with Crippen molar-refractivity contribution >= 4 is 39.7 Å². The van der Waals surface area contributed by atoms with E-state index in [1.807, 2.05) is 50.2 Å². The normalized spacial score (nSPS) is 11.1. The third kappa shape index (κ3) is 5.04. The molecule has 0 saturated heterocycles. The van der Waals surface area contributed by atoms with Crippen LogP contribution in [0.25, 0.3) is 5.95 Å². The number of halogens is 1. The first-order chi connectivity index (χ1) is 15.0. The fourth-order valence-electron chi connectivity index (χ4n) is 2.84. The lowest BCUT2D eigenvalue weighted by atomic mass is 10.2. The molecule has 0 saturated carbocycles. The number of aromatic nitrogens is 5. The highest BCUT2D eigenvalue weighted by molar-refractivity contribution is 9.10. The lowest BCUT2D eigenvalue weighted by Gasteiger charge is -2.09. The lowest BCUT2D eigenvalue weighted by molar-refractivity contribution is 0.474. The lowest BCUT2D eigenvalue weighted by Crippen LogP contribution is -2.11. The van der Waals surface area contributed by atoms with Gasteiger partial charge in [-0.25, -0.2) is 10.1 Å². The number of rotatable bonds is 6. The molecule has 10 heteroatoms. The van der Waals surface area contributed by atoms with E-state index in [2.05, 4.69) is 51.8 Å². The molecule has 0 amide bonds. The molecule has 4 rings (SSSR count). The minimum atomic E-state index is 0.110. The summed E-state index contributed by atoms with van der Waals surface area (Å²) >= 11 is 3.37. The quantitative estimate of drug-likeness (QED) is 0.279. The summed E-state index contributed by atoms with van der Waals surface area (Å²) in [6.07, 6.45) is 1.48. The Hall–Kier alpha value is -3.79. The average Bonchev–Trinajstić information content (AvgIpc) is 3.09. The van der Waals surface area contributed by atoms with E-state index in [4.69, 9.17) is 0 Å². The number of para-hydroxylation sites is 1. The van der Waals surface area contributed by atoms with Crippen LogP contribution in [0.1, 0.15) is 17.0 Å². The number of hydrogen-bond donors (Lipinski definition) is 3. The fourth-order valence-corrected chi connectivity index (χ4v) is 3.21. The smallest absolute Gasteiger partial charge is 0.257 e. The van der Waals surface area contributed by atoms with E-state index in [9.17, 15) is 5.11 Å². The SMILES string of the molecule is Cc1cc(C)n(-c2nc(N/N=C/c3cc(Br)ccc3O)nc(Nc3ccccc3)n2)n1. The maximum absolute atomic E-state index is 9.96. The predicted octanol–water partition coefficient (Wildman–Crippen LogP) is 4.33. The van der Waals surface area contributed by atoms with Crippen LogP contribution in [-0.2, 0) is 0 Å². The molecule has 156 valence electrons. The first-order valence-electron chi connectivity index (χ1n) is 9.37. The van der Waals surface area contributed by atoms with Crippen LogP contribution in [0.4, 0.5) is 17.6 Å². The molecule has 0 fully saturated rings. The van der Waals surface area contributed by atoms with E-state index < -0.39 is 0 Å². The summed E-state index contributed by atoms with van der Waals surface area (Å²) in [4.78, 5) is 13.3. The highest BCUT2D eigenvalue weighted by Gasteiger charge is 2.12. The van der Waals surface area contributed by atoms with Crippen LogP contribution in [-0.4, -0.2) is 36.1 Å². The zero-order chi connectivity index (χ0) is 21.8. The second kappa shape index (κ2) is 8.92. The summed E-state index contributed by atoms with van der Waals surface area (Å²) in [5, 5.41) is 21.7. The van der Waals surface area contributed by atoms with Gasteiger partial charge >= 0.3 is 0 Å². The first kappa shape index (κ1) is 20.5. The summed E-state index contributed by atoms with van der Waals surface area (Å²) in [6.45, 7) is 3.83. The second-order valence-electron chi connectivity index (χ2n) is 6.69. The van der Waals surface area contributed by atoms with Gasteiger partial charge in [0.15, 0.2) is 0 Å². The van der Waals surface area contributed by atoms with Crippen LogP contribution >= 0.6 is 15.9 Å². The van der Waals surface area contributed by atoms with E-state index in [1.54, 1.807) is 22.9 Å². The fraction of sp³-hybridized carbons (Fsp3) is 0.0952. The minimum absolute atomic E-state index is 0.110. The Morgan fingerprint density at radius 2 is 1.77 bits per heavy atom. The molecule has 0 bridgehead atoms. The Kier molecular flexibility index (Phi) is 5.89. The molecule has 0 unspecified atom stereocenters. The molecule has 2 heterocycles. The van der Waals surface area contributed by atoms with Gasteiger partial charge in [0.1, 0.15) is 5.75 Å². The Morgan fingerprint density at radius 3 is 2.52 bits per heavy atom. The van der Waals surface area contributed by atoms with Crippen molar-refractivity contribution in [2.45, 2.75) is 13.8 Å². The average molecular weight is 479 g/mol. The standard InChI is InChI=1S/C21H19BrN8O/c1-13-10-14(2)30(29-13)21-26-19(24-17-6-4-3-5-7-17)25-20(27-21)28-23-12-15-11-16(22)8-9-18(15)31/h3-12,31H,1-2H3,(H2,24,25,26,27,28)/b23-12+. The second-order valence-corrected chi connectivity index (χ2v) is 7.60. The largest absolute Gasteiger partial charge is 0.507 e.